The van der Waals surface area contributed by atoms with E-state index in [0.717, 1.165) is 13.8 Å². The van der Waals surface area contributed by atoms with Crippen LogP contribution in [0, 0.1) is 5.41 Å². The lowest BCUT2D eigenvalue weighted by atomic mass is 9.82. The van der Waals surface area contributed by atoms with E-state index >= 15 is 0 Å². The van der Waals surface area contributed by atoms with Crippen LogP contribution in [0.15, 0.2) is 0 Å². The second-order valence-electron chi connectivity index (χ2n) is 2.65. The number of alkyl halides is 3. The van der Waals surface area contributed by atoms with Gasteiger partial charge in [-0.25, -0.2) is 4.79 Å². The first-order valence-electron chi connectivity index (χ1n) is 3.75. The van der Waals surface area contributed by atoms with Crippen molar-refractivity contribution in [1.29, 1.82) is 0 Å². The van der Waals surface area contributed by atoms with Crippen LogP contribution in [-0.2, 0) is 9.74 Å². The first kappa shape index (κ1) is 12.2. The molecule has 0 aromatic heterocycles. The molecule has 0 aliphatic carbocycles. The van der Waals surface area contributed by atoms with E-state index in [1.807, 2.05) is 0 Å². The molecule has 0 fully saturated rings. The van der Waals surface area contributed by atoms with E-state index in [2.05, 4.69) is 4.94 Å². The van der Waals surface area contributed by atoms with Gasteiger partial charge in [-0.1, -0.05) is 13.8 Å². The molecule has 13 heavy (non-hydrogen) atoms. The van der Waals surface area contributed by atoms with Crippen LogP contribution in [0.4, 0.5) is 17.7 Å². The van der Waals surface area contributed by atoms with Crippen molar-refractivity contribution in [3.8, 4) is 0 Å². The predicted octanol–water partition coefficient (Wildman–Crippen LogP) is 2.78. The van der Waals surface area contributed by atoms with Gasteiger partial charge in [-0.15, -0.1) is 0 Å². The van der Waals surface area contributed by atoms with Crippen LogP contribution in [0.1, 0.15) is 26.7 Å². The molecule has 0 radical (unpaired) electrons. The van der Waals surface area contributed by atoms with Crippen LogP contribution in [0.3, 0.4) is 0 Å². The Balaban J connectivity index is 5.03. The molecule has 78 valence electrons. The average Bonchev–Trinajstić information content (AvgIpc) is 2.04. The molecule has 0 aliphatic heterocycles. The van der Waals surface area contributed by atoms with Gasteiger partial charge in [0.15, 0.2) is 5.41 Å². The first-order chi connectivity index (χ1) is 5.85. The van der Waals surface area contributed by atoms with Gasteiger partial charge in [0.25, 0.3) is 0 Å². The molecular weight excluding hydrogens is 192 g/mol. The van der Waals surface area contributed by atoms with Crippen LogP contribution in [-0.4, -0.2) is 12.1 Å². The summed E-state index contributed by atoms with van der Waals surface area (Å²) in [6, 6.07) is 0. The Bertz CT molecular complexity index is 183. The van der Waals surface area contributed by atoms with E-state index in [1.54, 1.807) is 0 Å². The van der Waals surface area contributed by atoms with Gasteiger partial charge in [-0.05, 0) is 12.8 Å². The van der Waals surface area contributed by atoms with Gasteiger partial charge in [-0.3, -0.25) is 4.94 Å². The monoisotopic (exact) mass is 202 g/mol. The lowest BCUT2D eigenvalue weighted by Gasteiger charge is -2.29. The van der Waals surface area contributed by atoms with Gasteiger partial charge in [0.2, 0.25) is 0 Å². The lowest BCUT2D eigenvalue weighted by molar-refractivity contribution is -0.256. The maximum absolute atomic E-state index is 12.3. The Labute approximate surface area is 72.8 Å². The Morgan fingerprint density at radius 2 is 1.62 bits per heavy atom. The molecule has 0 spiro atoms. The fraction of sp³-hybridized carbons (Fsp3) is 0.857. The van der Waals surface area contributed by atoms with Crippen LogP contribution in [0.2, 0.25) is 0 Å². The average molecular weight is 202 g/mol. The second-order valence-corrected chi connectivity index (χ2v) is 2.65. The Kier molecular flexibility index (Phi) is 3.69. The highest BCUT2D eigenvalue weighted by Gasteiger charge is 2.59. The van der Waals surface area contributed by atoms with Gasteiger partial charge in [-0.2, -0.15) is 13.2 Å². The highest BCUT2D eigenvalue weighted by atomic mass is 19.4. The normalized spacial score (nSPS) is 12.8. The van der Waals surface area contributed by atoms with Crippen molar-refractivity contribution in [3.63, 3.8) is 0 Å². The summed E-state index contributed by atoms with van der Waals surface area (Å²) in [4.78, 5) is 13.3. The Morgan fingerprint density at radius 3 is 1.69 bits per heavy atom. The third kappa shape index (κ3) is 1.92. The summed E-state index contributed by atoms with van der Waals surface area (Å²) in [5, 5.41) is 0. The molecular formula is C7H10F4O2. The fourth-order valence-corrected chi connectivity index (χ4v) is 1.13. The first-order valence-corrected chi connectivity index (χ1v) is 3.75. The van der Waals surface area contributed by atoms with E-state index in [9.17, 15) is 22.5 Å². The van der Waals surface area contributed by atoms with E-state index in [0.29, 0.717) is 0 Å². The van der Waals surface area contributed by atoms with E-state index < -0.39 is 30.4 Å². The zero-order valence-corrected chi connectivity index (χ0v) is 7.24. The summed E-state index contributed by atoms with van der Waals surface area (Å²) >= 11 is 0. The fourth-order valence-electron chi connectivity index (χ4n) is 1.13. The number of hydrogen-bond donors (Lipinski definition) is 0. The van der Waals surface area contributed by atoms with Gasteiger partial charge in [0.1, 0.15) is 0 Å². The Morgan fingerprint density at radius 1 is 1.23 bits per heavy atom. The molecule has 0 saturated carbocycles. The maximum Gasteiger partial charge on any atom is 0.405 e. The van der Waals surface area contributed by atoms with Gasteiger partial charge in [0, 0.05) is 4.53 Å². The minimum Gasteiger partial charge on any atom is -0.254 e. The Hall–Kier alpha value is -0.810. The van der Waals surface area contributed by atoms with Crippen molar-refractivity contribution in [2.75, 3.05) is 0 Å². The minimum absolute atomic E-state index is 0.532. The highest BCUT2D eigenvalue weighted by Crippen LogP contribution is 2.44. The molecule has 6 heteroatoms. The lowest BCUT2D eigenvalue weighted by Crippen LogP contribution is -2.44. The molecule has 0 rings (SSSR count). The topological polar surface area (TPSA) is 26.3 Å². The third-order valence-electron chi connectivity index (χ3n) is 2.21. The third-order valence-corrected chi connectivity index (χ3v) is 2.21. The molecule has 0 heterocycles. The molecule has 0 bridgehead atoms. The summed E-state index contributed by atoms with van der Waals surface area (Å²) in [7, 11) is 0. The SMILES string of the molecule is CCC(CC)(C(=O)OF)C(F)(F)F. The summed E-state index contributed by atoms with van der Waals surface area (Å²) in [6.45, 7) is 2.32. The summed E-state index contributed by atoms with van der Waals surface area (Å²) < 4.78 is 48.5. The van der Waals surface area contributed by atoms with Crippen molar-refractivity contribution in [2.24, 2.45) is 5.41 Å². The molecule has 0 aromatic rings. The molecule has 0 atom stereocenters. The maximum atomic E-state index is 12.3. The smallest absolute Gasteiger partial charge is 0.254 e. The largest absolute Gasteiger partial charge is 0.405 e. The van der Waals surface area contributed by atoms with Crippen molar-refractivity contribution in [2.45, 2.75) is 32.9 Å². The van der Waals surface area contributed by atoms with Crippen LogP contribution >= 0.6 is 0 Å². The molecule has 0 unspecified atom stereocenters. The van der Waals surface area contributed by atoms with Gasteiger partial charge < -0.3 is 0 Å². The van der Waals surface area contributed by atoms with Crippen molar-refractivity contribution in [1.82, 2.24) is 0 Å². The van der Waals surface area contributed by atoms with E-state index in [4.69, 9.17) is 0 Å². The zero-order chi connectivity index (χ0) is 10.7. The highest BCUT2D eigenvalue weighted by molar-refractivity contribution is 5.77. The quantitative estimate of drug-likeness (QED) is 0.657. The predicted molar refractivity (Wildman–Crippen MR) is 36.3 cm³/mol. The molecule has 0 aromatic carbocycles. The van der Waals surface area contributed by atoms with Crippen molar-refractivity contribution in [3.05, 3.63) is 0 Å². The molecule has 0 saturated heterocycles. The van der Waals surface area contributed by atoms with Gasteiger partial charge in [0.05, 0.1) is 0 Å². The minimum atomic E-state index is -4.78. The molecule has 0 amide bonds. The standard InChI is InChI=1S/C7H10F4O2/c1-3-6(4-2,5(12)13-11)7(8,9)10/h3-4H2,1-2H3. The molecule has 0 N–H and O–H groups in total. The van der Waals surface area contributed by atoms with E-state index in [-0.39, 0.29) is 0 Å². The number of carbonyl (C=O) groups excluding carboxylic acids is 1. The van der Waals surface area contributed by atoms with E-state index in [1.165, 1.54) is 0 Å². The molecule has 2 nitrogen and oxygen atoms in total. The number of rotatable bonds is 3. The van der Waals surface area contributed by atoms with Crippen molar-refractivity contribution >= 4 is 5.97 Å². The summed E-state index contributed by atoms with van der Waals surface area (Å²) in [6.07, 6.45) is -5.84. The van der Waals surface area contributed by atoms with Crippen LogP contribution in [0.25, 0.3) is 0 Å². The van der Waals surface area contributed by atoms with Crippen LogP contribution in [0.5, 0.6) is 0 Å². The van der Waals surface area contributed by atoms with Crippen molar-refractivity contribution < 1.29 is 27.4 Å². The summed E-state index contributed by atoms with van der Waals surface area (Å²) in [5.41, 5.74) is -2.71. The number of hydrogen-bond acceptors (Lipinski definition) is 2. The summed E-state index contributed by atoms with van der Waals surface area (Å²) in [5.74, 6) is -1.87. The zero-order valence-electron chi connectivity index (χ0n) is 7.24. The van der Waals surface area contributed by atoms with Crippen LogP contribution < -0.4 is 0 Å². The number of halogens is 4. The number of carbonyl (C=O) groups is 1. The molecule has 0 aliphatic rings. The second kappa shape index (κ2) is 3.93. The van der Waals surface area contributed by atoms with Gasteiger partial charge >= 0.3 is 12.1 Å².